The molecule has 0 spiro atoms. The molecule has 0 aliphatic heterocycles. The van der Waals surface area contributed by atoms with Crippen molar-refractivity contribution in [3.63, 3.8) is 0 Å². The lowest BCUT2D eigenvalue weighted by Crippen LogP contribution is -2.10. The number of para-hydroxylation sites is 2. The van der Waals surface area contributed by atoms with Crippen LogP contribution in [0.5, 0.6) is 5.75 Å². The maximum Gasteiger partial charge on any atom is 0.142 e. The first kappa shape index (κ1) is 20.1. The first-order valence-corrected chi connectivity index (χ1v) is 10.4. The van der Waals surface area contributed by atoms with E-state index in [2.05, 4.69) is 4.57 Å². The van der Waals surface area contributed by atoms with Gasteiger partial charge in [0.2, 0.25) is 0 Å². The zero-order chi connectivity index (χ0) is 20.5. The van der Waals surface area contributed by atoms with Crippen LogP contribution in [0, 0.1) is 13.8 Å². The van der Waals surface area contributed by atoms with Crippen molar-refractivity contribution in [2.24, 2.45) is 0 Å². The highest BCUT2D eigenvalue weighted by molar-refractivity contribution is 6.36. The Balaban J connectivity index is 1.66. The van der Waals surface area contributed by atoms with Gasteiger partial charge in [0.15, 0.2) is 0 Å². The van der Waals surface area contributed by atoms with Gasteiger partial charge in [0.05, 0.1) is 22.6 Å². The molecule has 6 heteroatoms. The van der Waals surface area contributed by atoms with Crippen LogP contribution in [0.2, 0.25) is 15.1 Å². The SMILES string of the molecule is Cc1cc(OCCn2c(-c3ccc(Cl)cc3Cl)nc3ccccc32)cc(C)c1Cl. The molecule has 4 aromatic rings. The summed E-state index contributed by atoms with van der Waals surface area (Å²) in [6.45, 7) is 5.06. The summed E-state index contributed by atoms with van der Waals surface area (Å²) in [5.74, 6) is 1.60. The quantitative estimate of drug-likeness (QED) is 0.321. The van der Waals surface area contributed by atoms with E-state index in [9.17, 15) is 0 Å². The molecule has 29 heavy (non-hydrogen) atoms. The summed E-state index contributed by atoms with van der Waals surface area (Å²) in [5.41, 5.74) is 4.78. The standard InChI is InChI=1S/C23H19Cl3N2O/c1-14-11-17(12-15(2)22(14)26)29-10-9-28-21-6-4-3-5-20(21)27-23(28)18-8-7-16(24)13-19(18)25/h3-8,11-13H,9-10H2,1-2H3. The van der Waals surface area contributed by atoms with Gasteiger partial charge >= 0.3 is 0 Å². The Morgan fingerprint density at radius 1 is 0.931 bits per heavy atom. The highest BCUT2D eigenvalue weighted by Gasteiger charge is 2.15. The van der Waals surface area contributed by atoms with Gasteiger partial charge in [-0.05, 0) is 67.4 Å². The second-order valence-electron chi connectivity index (χ2n) is 6.92. The van der Waals surface area contributed by atoms with Gasteiger partial charge in [-0.25, -0.2) is 4.98 Å². The molecular formula is C23H19Cl3N2O. The number of fused-ring (bicyclic) bond motifs is 1. The first-order valence-electron chi connectivity index (χ1n) is 9.24. The number of nitrogens with zero attached hydrogens (tertiary/aromatic N) is 2. The Labute approximate surface area is 184 Å². The van der Waals surface area contributed by atoms with Crippen molar-refractivity contribution in [2.75, 3.05) is 6.61 Å². The van der Waals surface area contributed by atoms with Crippen molar-refractivity contribution in [3.8, 4) is 17.1 Å². The van der Waals surface area contributed by atoms with E-state index in [-0.39, 0.29) is 0 Å². The molecule has 4 rings (SSSR count). The van der Waals surface area contributed by atoms with Crippen molar-refractivity contribution < 1.29 is 4.74 Å². The fraction of sp³-hybridized carbons (Fsp3) is 0.174. The van der Waals surface area contributed by atoms with Gasteiger partial charge in [0, 0.05) is 15.6 Å². The fourth-order valence-corrected chi connectivity index (χ4v) is 4.02. The van der Waals surface area contributed by atoms with Crippen LogP contribution in [0.3, 0.4) is 0 Å². The molecule has 0 fully saturated rings. The third-order valence-electron chi connectivity index (χ3n) is 4.82. The number of ether oxygens (including phenoxy) is 1. The average Bonchev–Trinajstić information content (AvgIpc) is 3.04. The molecule has 0 N–H and O–H groups in total. The summed E-state index contributed by atoms with van der Waals surface area (Å²) in [5, 5.41) is 1.94. The van der Waals surface area contributed by atoms with Crippen molar-refractivity contribution in [2.45, 2.75) is 20.4 Å². The van der Waals surface area contributed by atoms with E-state index in [0.29, 0.717) is 23.2 Å². The van der Waals surface area contributed by atoms with Gasteiger partial charge in [-0.2, -0.15) is 0 Å². The Morgan fingerprint density at radius 3 is 2.38 bits per heavy atom. The smallest absolute Gasteiger partial charge is 0.142 e. The summed E-state index contributed by atoms with van der Waals surface area (Å²) in [6, 6.07) is 17.4. The molecule has 3 aromatic carbocycles. The number of aryl methyl sites for hydroxylation is 2. The number of hydrogen-bond donors (Lipinski definition) is 0. The highest BCUT2D eigenvalue weighted by atomic mass is 35.5. The third-order valence-corrected chi connectivity index (χ3v) is 5.96. The monoisotopic (exact) mass is 444 g/mol. The molecule has 0 aliphatic rings. The topological polar surface area (TPSA) is 27.1 Å². The summed E-state index contributed by atoms with van der Waals surface area (Å²) in [7, 11) is 0. The maximum absolute atomic E-state index is 6.46. The Hall–Kier alpha value is -2.20. The molecule has 1 heterocycles. The summed E-state index contributed by atoms with van der Waals surface area (Å²) in [4.78, 5) is 4.80. The Bertz CT molecular complexity index is 1180. The summed E-state index contributed by atoms with van der Waals surface area (Å²) >= 11 is 18.8. The lowest BCUT2D eigenvalue weighted by molar-refractivity contribution is 0.300. The van der Waals surface area contributed by atoms with Crippen LogP contribution in [-0.4, -0.2) is 16.2 Å². The molecule has 0 saturated carbocycles. The van der Waals surface area contributed by atoms with Crippen LogP contribution in [0.4, 0.5) is 0 Å². The Morgan fingerprint density at radius 2 is 1.66 bits per heavy atom. The van der Waals surface area contributed by atoms with Crippen LogP contribution < -0.4 is 4.74 Å². The van der Waals surface area contributed by atoms with E-state index in [1.165, 1.54) is 0 Å². The van der Waals surface area contributed by atoms with E-state index in [4.69, 9.17) is 44.5 Å². The molecule has 0 atom stereocenters. The van der Waals surface area contributed by atoms with E-state index in [1.807, 2.05) is 62.4 Å². The predicted molar refractivity (Wildman–Crippen MR) is 122 cm³/mol. The van der Waals surface area contributed by atoms with Crippen LogP contribution in [0.25, 0.3) is 22.4 Å². The second-order valence-corrected chi connectivity index (χ2v) is 8.14. The minimum Gasteiger partial charge on any atom is -0.492 e. The third kappa shape index (κ3) is 4.09. The number of halogens is 3. The number of rotatable bonds is 5. The molecule has 0 amide bonds. The van der Waals surface area contributed by atoms with E-state index >= 15 is 0 Å². The maximum atomic E-state index is 6.46. The molecule has 0 radical (unpaired) electrons. The second kappa shape index (κ2) is 8.27. The molecule has 148 valence electrons. The molecule has 1 aromatic heterocycles. The van der Waals surface area contributed by atoms with Crippen molar-refractivity contribution >= 4 is 45.8 Å². The molecular weight excluding hydrogens is 427 g/mol. The molecule has 3 nitrogen and oxygen atoms in total. The Kier molecular flexibility index (Phi) is 5.73. The van der Waals surface area contributed by atoms with Gasteiger partial charge in [-0.1, -0.05) is 46.9 Å². The van der Waals surface area contributed by atoms with Crippen molar-refractivity contribution in [1.29, 1.82) is 0 Å². The van der Waals surface area contributed by atoms with Crippen molar-refractivity contribution in [1.82, 2.24) is 9.55 Å². The average molecular weight is 446 g/mol. The predicted octanol–water partition coefficient (Wildman–Crippen LogP) is 7.36. The molecule has 0 bridgehead atoms. The van der Waals surface area contributed by atoms with Crippen LogP contribution in [0.1, 0.15) is 11.1 Å². The van der Waals surface area contributed by atoms with Crippen LogP contribution in [0.15, 0.2) is 54.6 Å². The normalized spacial score (nSPS) is 11.2. The van der Waals surface area contributed by atoms with E-state index < -0.39 is 0 Å². The van der Waals surface area contributed by atoms with Gasteiger partial charge < -0.3 is 9.30 Å². The van der Waals surface area contributed by atoms with Crippen molar-refractivity contribution in [3.05, 3.63) is 80.8 Å². The number of benzene rings is 3. The van der Waals surface area contributed by atoms with Gasteiger partial charge in [-0.15, -0.1) is 0 Å². The minimum atomic E-state index is 0.485. The summed E-state index contributed by atoms with van der Waals surface area (Å²) in [6.07, 6.45) is 0. The highest BCUT2D eigenvalue weighted by Crippen LogP contribution is 2.32. The van der Waals surface area contributed by atoms with Gasteiger partial charge in [0.25, 0.3) is 0 Å². The van der Waals surface area contributed by atoms with Gasteiger partial charge in [-0.3, -0.25) is 0 Å². The van der Waals surface area contributed by atoms with Crippen LogP contribution in [-0.2, 0) is 6.54 Å². The fourth-order valence-electron chi connectivity index (χ4n) is 3.42. The first-order chi connectivity index (χ1) is 13.9. The number of aromatic nitrogens is 2. The zero-order valence-electron chi connectivity index (χ0n) is 16.0. The largest absolute Gasteiger partial charge is 0.492 e. The minimum absolute atomic E-state index is 0.485. The van der Waals surface area contributed by atoms with Gasteiger partial charge in [0.1, 0.15) is 18.2 Å². The molecule has 0 unspecified atom stereocenters. The zero-order valence-corrected chi connectivity index (χ0v) is 18.3. The summed E-state index contributed by atoms with van der Waals surface area (Å²) < 4.78 is 8.15. The van der Waals surface area contributed by atoms with E-state index in [0.717, 1.165) is 44.3 Å². The lowest BCUT2D eigenvalue weighted by Gasteiger charge is -2.13. The van der Waals surface area contributed by atoms with Crippen LogP contribution >= 0.6 is 34.8 Å². The lowest BCUT2D eigenvalue weighted by atomic mass is 10.1. The molecule has 0 aliphatic carbocycles. The number of hydrogen-bond acceptors (Lipinski definition) is 2. The van der Waals surface area contributed by atoms with E-state index in [1.54, 1.807) is 6.07 Å². The molecule has 0 saturated heterocycles. The number of imidazole rings is 1.